The molecule has 2 aromatic carbocycles. The second-order valence-electron chi connectivity index (χ2n) is 11.0. The largest absolute Gasteiger partial charge is 0.426 e. The van der Waals surface area contributed by atoms with Crippen molar-refractivity contribution in [2.75, 3.05) is 0 Å². The molecular weight excluding hydrogens is 460 g/mol. The maximum Gasteiger partial charge on any atom is 0.315 e. The number of benzene rings is 2. The third-order valence-corrected chi connectivity index (χ3v) is 8.38. The summed E-state index contributed by atoms with van der Waals surface area (Å²) < 4.78 is 12.2. The Labute approximate surface area is 223 Å². The summed E-state index contributed by atoms with van der Waals surface area (Å²) in [6, 6.07) is 12.1. The summed E-state index contributed by atoms with van der Waals surface area (Å²) in [5.74, 6) is 0.376. The van der Waals surface area contributed by atoms with E-state index in [1.54, 1.807) is 0 Å². The summed E-state index contributed by atoms with van der Waals surface area (Å²) >= 11 is 0. The van der Waals surface area contributed by atoms with Gasteiger partial charge in [0.05, 0.1) is 11.8 Å². The Bertz CT molecular complexity index is 1000. The van der Waals surface area contributed by atoms with Crippen LogP contribution in [-0.4, -0.2) is 11.9 Å². The molecule has 4 unspecified atom stereocenters. The van der Waals surface area contributed by atoms with Crippen molar-refractivity contribution in [1.82, 2.24) is 0 Å². The molecule has 2 bridgehead atoms. The number of rotatable bonds is 12. The molecule has 0 amide bonds. The third-order valence-electron chi connectivity index (χ3n) is 8.38. The molecule has 0 aliphatic heterocycles. The molecule has 37 heavy (non-hydrogen) atoms. The standard InChI is InChI=1S/C33H44O4/c1-5-11-22-15-9-17-28(26(22)13-7-3)36-32(34)30-24-19-20-25(21-24)31(30)33(35)37-29-18-10-16-23(12-6-2)27(29)14-8-4/h9-10,15-18,24-25,30-31H,5-8,11-14,19-21H2,1-4H3. The molecule has 2 aliphatic rings. The van der Waals surface area contributed by atoms with E-state index in [0.717, 1.165) is 81.8 Å². The fraction of sp³-hybridized carbons (Fsp3) is 0.576. The lowest BCUT2D eigenvalue weighted by atomic mass is 9.79. The van der Waals surface area contributed by atoms with Gasteiger partial charge in [0.15, 0.2) is 0 Å². The molecule has 2 aromatic rings. The van der Waals surface area contributed by atoms with Crippen LogP contribution in [0.3, 0.4) is 0 Å². The van der Waals surface area contributed by atoms with E-state index >= 15 is 0 Å². The first-order valence-corrected chi connectivity index (χ1v) is 14.7. The number of aryl methyl sites for hydroxylation is 2. The van der Waals surface area contributed by atoms with Gasteiger partial charge in [0, 0.05) is 0 Å². The Morgan fingerprint density at radius 2 is 1.05 bits per heavy atom. The van der Waals surface area contributed by atoms with Crippen LogP contribution in [-0.2, 0) is 35.3 Å². The van der Waals surface area contributed by atoms with Gasteiger partial charge in [-0.25, -0.2) is 0 Å². The topological polar surface area (TPSA) is 52.6 Å². The van der Waals surface area contributed by atoms with Gasteiger partial charge in [-0.15, -0.1) is 0 Å². The number of hydrogen-bond donors (Lipinski definition) is 0. The zero-order valence-corrected chi connectivity index (χ0v) is 23.2. The van der Waals surface area contributed by atoms with Crippen molar-refractivity contribution in [3.63, 3.8) is 0 Å². The summed E-state index contributed by atoms with van der Waals surface area (Å²) in [5, 5.41) is 0. The van der Waals surface area contributed by atoms with Crippen LogP contribution in [0.5, 0.6) is 11.5 Å². The van der Waals surface area contributed by atoms with E-state index in [9.17, 15) is 9.59 Å². The molecule has 2 aliphatic carbocycles. The summed E-state index contributed by atoms with van der Waals surface area (Å²) in [6.45, 7) is 8.64. The van der Waals surface area contributed by atoms with Crippen molar-refractivity contribution < 1.29 is 19.1 Å². The molecule has 0 radical (unpaired) electrons. The zero-order chi connectivity index (χ0) is 26.4. The Morgan fingerprint density at radius 3 is 1.43 bits per heavy atom. The minimum absolute atomic E-state index is 0.199. The van der Waals surface area contributed by atoms with Crippen molar-refractivity contribution in [3.8, 4) is 11.5 Å². The predicted octanol–water partition coefficient (Wildman–Crippen LogP) is 7.67. The van der Waals surface area contributed by atoms with E-state index in [1.807, 2.05) is 24.3 Å². The quantitative estimate of drug-likeness (QED) is 0.220. The van der Waals surface area contributed by atoms with Crippen LogP contribution in [0, 0.1) is 23.7 Å². The summed E-state index contributed by atoms with van der Waals surface area (Å²) in [7, 11) is 0. The monoisotopic (exact) mass is 504 g/mol. The van der Waals surface area contributed by atoms with Crippen LogP contribution >= 0.6 is 0 Å². The van der Waals surface area contributed by atoms with Gasteiger partial charge in [-0.1, -0.05) is 77.6 Å². The minimum atomic E-state index is -0.427. The molecule has 200 valence electrons. The number of carbonyl (C=O) groups is 2. The van der Waals surface area contributed by atoms with Crippen molar-refractivity contribution in [3.05, 3.63) is 58.7 Å². The van der Waals surface area contributed by atoms with E-state index in [1.165, 1.54) is 11.1 Å². The van der Waals surface area contributed by atoms with Gasteiger partial charge in [-0.2, -0.15) is 0 Å². The maximum absolute atomic E-state index is 13.7. The molecule has 4 nitrogen and oxygen atoms in total. The van der Waals surface area contributed by atoms with E-state index in [4.69, 9.17) is 9.47 Å². The highest BCUT2D eigenvalue weighted by Gasteiger charge is 2.55. The van der Waals surface area contributed by atoms with Gasteiger partial charge in [0.25, 0.3) is 0 Å². The summed E-state index contributed by atoms with van der Waals surface area (Å²) in [6.07, 6.45) is 10.7. The van der Waals surface area contributed by atoms with Crippen LogP contribution in [0.4, 0.5) is 0 Å². The molecule has 4 rings (SSSR count). The summed E-state index contributed by atoms with van der Waals surface area (Å²) in [5.41, 5.74) is 4.79. The molecule has 0 aromatic heterocycles. The Balaban J connectivity index is 1.57. The summed E-state index contributed by atoms with van der Waals surface area (Å²) in [4.78, 5) is 27.4. The average Bonchev–Trinajstić information content (AvgIpc) is 3.50. The predicted molar refractivity (Wildman–Crippen MR) is 148 cm³/mol. The highest BCUT2D eigenvalue weighted by molar-refractivity contribution is 5.86. The van der Waals surface area contributed by atoms with Crippen LogP contribution in [0.15, 0.2) is 36.4 Å². The van der Waals surface area contributed by atoms with Crippen LogP contribution in [0.2, 0.25) is 0 Å². The first-order chi connectivity index (χ1) is 18.0. The molecule has 0 N–H and O–H groups in total. The van der Waals surface area contributed by atoms with Gasteiger partial charge < -0.3 is 9.47 Å². The SMILES string of the molecule is CCCc1cccc(OC(=O)C2C3CCC(C3)C2C(=O)Oc2cccc(CCC)c2CCC)c1CCC. The van der Waals surface area contributed by atoms with Crippen molar-refractivity contribution in [1.29, 1.82) is 0 Å². The molecule has 0 spiro atoms. The molecule has 0 heterocycles. The van der Waals surface area contributed by atoms with Gasteiger partial charge in [0.2, 0.25) is 0 Å². The lowest BCUT2D eigenvalue weighted by Crippen LogP contribution is -2.39. The van der Waals surface area contributed by atoms with Gasteiger partial charge in [-0.3, -0.25) is 9.59 Å². The first kappa shape index (κ1) is 27.4. The highest BCUT2D eigenvalue weighted by Crippen LogP contribution is 2.53. The van der Waals surface area contributed by atoms with Crippen LogP contribution in [0.1, 0.15) is 94.9 Å². The molecular formula is C33H44O4. The fourth-order valence-corrected chi connectivity index (χ4v) is 6.81. The smallest absolute Gasteiger partial charge is 0.315 e. The number of hydrogen-bond acceptors (Lipinski definition) is 4. The van der Waals surface area contributed by atoms with Crippen molar-refractivity contribution in [2.45, 2.75) is 98.3 Å². The minimum Gasteiger partial charge on any atom is -0.426 e. The average molecular weight is 505 g/mol. The zero-order valence-electron chi connectivity index (χ0n) is 23.2. The number of carbonyl (C=O) groups excluding carboxylic acids is 2. The molecule has 4 heteroatoms. The third kappa shape index (κ3) is 5.94. The fourth-order valence-electron chi connectivity index (χ4n) is 6.81. The second kappa shape index (κ2) is 12.8. The first-order valence-electron chi connectivity index (χ1n) is 14.7. The highest BCUT2D eigenvalue weighted by atomic mass is 16.5. The van der Waals surface area contributed by atoms with Gasteiger partial charge >= 0.3 is 11.9 Å². The van der Waals surface area contributed by atoms with Gasteiger partial charge in [-0.05, 0) is 91.2 Å². The molecule has 0 saturated heterocycles. The normalized spacial score (nSPS) is 22.3. The lowest BCUT2D eigenvalue weighted by Gasteiger charge is -2.28. The lowest BCUT2D eigenvalue weighted by molar-refractivity contribution is -0.153. The number of ether oxygens (including phenoxy) is 2. The molecule has 4 atom stereocenters. The maximum atomic E-state index is 13.7. The number of fused-ring (bicyclic) bond motifs is 2. The second-order valence-corrected chi connectivity index (χ2v) is 11.0. The number of esters is 2. The van der Waals surface area contributed by atoms with Crippen molar-refractivity contribution >= 4 is 11.9 Å². The Kier molecular flexibility index (Phi) is 9.45. The van der Waals surface area contributed by atoms with E-state index in [2.05, 4.69) is 39.8 Å². The van der Waals surface area contributed by atoms with Crippen molar-refractivity contribution in [2.24, 2.45) is 23.7 Å². The molecule has 2 saturated carbocycles. The van der Waals surface area contributed by atoms with Crippen LogP contribution in [0.25, 0.3) is 0 Å². The Morgan fingerprint density at radius 1 is 0.649 bits per heavy atom. The van der Waals surface area contributed by atoms with E-state index in [-0.39, 0.29) is 23.8 Å². The van der Waals surface area contributed by atoms with Crippen LogP contribution < -0.4 is 9.47 Å². The Hall–Kier alpha value is -2.62. The van der Waals surface area contributed by atoms with E-state index < -0.39 is 11.8 Å². The van der Waals surface area contributed by atoms with E-state index in [0.29, 0.717) is 11.5 Å². The molecule has 2 fully saturated rings. The van der Waals surface area contributed by atoms with Gasteiger partial charge in [0.1, 0.15) is 11.5 Å².